The Morgan fingerprint density at radius 1 is 1.26 bits per heavy atom. The lowest BCUT2D eigenvalue weighted by atomic mass is 10.1. The number of hydrogen-bond acceptors (Lipinski definition) is 6. The van der Waals surface area contributed by atoms with Gasteiger partial charge in [-0.15, -0.1) is 10.2 Å². The van der Waals surface area contributed by atoms with E-state index in [4.69, 9.17) is 0 Å². The molecule has 1 atom stereocenters. The lowest BCUT2D eigenvalue weighted by Crippen LogP contribution is -2.32. The SMILES string of the molecule is CCC(=O)N(c1nnc(S[C@H](C)C(=O)Nc2ccc(CC)cc2)s1)C1CC1. The fraction of sp³-hybridized carbons (Fsp3) is 0.474. The van der Waals surface area contributed by atoms with Crippen molar-refractivity contribution in [2.24, 2.45) is 0 Å². The molecule has 8 heteroatoms. The van der Waals surface area contributed by atoms with Gasteiger partial charge in [-0.25, -0.2) is 0 Å². The molecule has 0 bridgehead atoms. The maximum Gasteiger partial charge on any atom is 0.237 e. The van der Waals surface area contributed by atoms with E-state index in [1.807, 2.05) is 38.1 Å². The molecule has 0 unspecified atom stereocenters. The summed E-state index contributed by atoms with van der Waals surface area (Å²) in [5.41, 5.74) is 2.02. The molecule has 1 heterocycles. The van der Waals surface area contributed by atoms with Crippen LogP contribution in [0.2, 0.25) is 0 Å². The van der Waals surface area contributed by atoms with E-state index < -0.39 is 0 Å². The van der Waals surface area contributed by atoms with E-state index in [2.05, 4.69) is 22.4 Å². The molecule has 1 N–H and O–H groups in total. The van der Waals surface area contributed by atoms with Gasteiger partial charge in [0.25, 0.3) is 0 Å². The van der Waals surface area contributed by atoms with Crippen molar-refractivity contribution in [2.75, 3.05) is 10.2 Å². The Balaban J connectivity index is 1.60. The van der Waals surface area contributed by atoms with Crippen molar-refractivity contribution in [1.82, 2.24) is 10.2 Å². The number of aromatic nitrogens is 2. The van der Waals surface area contributed by atoms with Crippen LogP contribution in [0.15, 0.2) is 28.6 Å². The van der Waals surface area contributed by atoms with Gasteiger partial charge in [-0.1, -0.05) is 49.1 Å². The van der Waals surface area contributed by atoms with Gasteiger partial charge in [0, 0.05) is 18.2 Å². The summed E-state index contributed by atoms with van der Waals surface area (Å²) in [7, 11) is 0. The highest BCUT2D eigenvalue weighted by Gasteiger charge is 2.35. The minimum absolute atomic E-state index is 0.0755. The van der Waals surface area contributed by atoms with Crippen LogP contribution >= 0.6 is 23.1 Å². The van der Waals surface area contributed by atoms with Gasteiger partial charge >= 0.3 is 0 Å². The zero-order chi connectivity index (χ0) is 19.4. The van der Waals surface area contributed by atoms with Crippen molar-refractivity contribution >= 4 is 45.7 Å². The quantitative estimate of drug-likeness (QED) is 0.529. The summed E-state index contributed by atoms with van der Waals surface area (Å²) >= 11 is 2.74. The molecule has 27 heavy (non-hydrogen) atoms. The van der Waals surface area contributed by atoms with Crippen LogP contribution in [0.25, 0.3) is 0 Å². The van der Waals surface area contributed by atoms with Crippen LogP contribution in [0.4, 0.5) is 10.8 Å². The second kappa shape index (κ2) is 8.84. The molecule has 144 valence electrons. The molecule has 1 aliphatic carbocycles. The van der Waals surface area contributed by atoms with Crippen LogP contribution in [-0.2, 0) is 16.0 Å². The molecular formula is C19H24N4O2S2. The number of nitrogens with zero attached hydrogens (tertiary/aromatic N) is 3. The summed E-state index contributed by atoms with van der Waals surface area (Å²) < 4.78 is 0.698. The number of anilines is 2. The van der Waals surface area contributed by atoms with Crippen molar-refractivity contribution in [2.45, 2.75) is 62.1 Å². The van der Waals surface area contributed by atoms with Crippen LogP contribution in [0, 0.1) is 0 Å². The topological polar surface area (TPSA) is 75.2 Å². The molecule has 0 saturated heterocycles. The number of hydrogen-bond donors (Lipinski definition) is 1. The van der Waals surface area contributed by atoms with Gasteiger partial charge in [-0.05, 0) is 43.9 Å². The summed E-state index contributed by atoms with van der Waals surface area (Å²) in [6.07, 6.45) is 3.46. The predicted molar refractivity (Wildman–Crippen MR) is 110 cm³/mol. The molecule has 0 radical (unpaired) electrons. The van der Waals surface area contributed by atoms with Crippen LogP contribution in [0.3, 0.4) is 0 Å². The lowest BCUT2D eigenvalue weighted by molar-refractivity contribution is -0.118. The number of thioether (sulfide) groups is 1. The van der Waals surface area contributed by atoms with Crippen LogP contribution < -0.4 is 10.2 Å². The van der Waals surface area contributed by atoms with Gasteiger partial charge in [-0.3, -0.25) is 14.5 Å². The van der Waals surface area contributed by atoms with Crippen molar-refractivity contribution in [3.8, 4) is 0 Å². The van der Waals surface area contributed by atoms with Gasteiger partial charge in [0.2, 0.25) is 16.9 Å². The van der Waals surface area contributed by atoms with Gasteiger partial charge in [0.15, 0.2) is 4.34 Å². The number of benzene rings is 1. The number of rotatable bonds is 8. The monoisotopic (exact) mass is 404 g/mol. The van der Waals surface area contributed by atoms with Gasteiger partial charge in [0.05, 0.1) is 5.25 Å². The number of aryl methyl sites for hydroxylation is 1. The standard InChI is InChI=1S/C19H24N4O2S2/c1-4-13-6-8-14(9-7-13)20-17(25)12(3)26-19-22-21-18(27-19)23(15-10-11-15)16(24)5-2/h6-9,12,15H,4-5,10-11H2,1-3H3,(H,20,25)/t12-/m1/s1. The smallest absolute Gasteiger partial charge is 0.237 e. The van der Waals surface area contributed by atoms with E-state index in [0.717, 1.165) is 24.9 Å². The number of carbonyl (C=O) groups excluding carboxylic acids is 2. The molecule has 6 nitrogen and oxygen atoms in total. The summed E-state index contributed by atoms with van der Waals surface area (Å²) in [6, 6.07) is 8.13. The number of amides is 2. The van der Waals surface area contributed by atoms with Crippen LogP contribution in [-0.4, -0.2) is 33.3 Å². The van der Waals surface area contributed by atoms with Crippen LogP contribution in [0.5, 0.6) is 0 Å². The maximum atomic E-state index is 12.4. The molecule has 0 aliphatic heterocycles. The van der Waals surface area contributed by atoms with Crippen molar-refractivity contribution in [3.05, 3.63) is 29.8 Å². The highest BCUT2D eigenvalue weighted by molar-refractivity contribution is 8.02. The van der Waals surface area contributed by atoms with E-state index in [1.54, 1.807) is 4.90 Å². The summed E-state index contributed by atoms with van der Waals surface area (Å²) in [5, 5.41) is 11.6. The Labute approximate surface area is 167 Å². The Morgan fingerprint density at radius 3 is 2.56 bits per heavy atom. The molecule has 0 spiro atoms. The fourth-order valence-corrected chi connectivity index (χ4v) is 4.66. The first-order chi connectivity index (χ1) is 13.0. The second-order valence-electron chi connectivity index (χ2n) is 6.50. The highest BCUT2D eigenvalue weighted by Crippen LogP contribution is 2.37. The molecule has 1 aromatic heterocycles. The Hall–Kier alpha value is -1.93. The largest absolute Gasteiger partial charge is 0.325 e. The van der Waals surface area contributed by atoms with Gasteiger partial charge in [-0.2, -0.15) is 0 Å². The van der Waals surface area contributed by atoms with E-state index in [-0.39, 0.29) is 23.1 Å². The second-order valence-corrected chi connectivity index (χ2v) is 9.04. The summed E-state index contributed by atoms with van der Waals surface area (Å²) in [4.78, 5) is 26.4. The maximum absolute atomic E-state index is 12.4. The van der Waals surface area contributed by atoms with Crippen molar-refractivity contribution in [1.29, 1.82) is 0 Å². The third-order valence-electron chi connectivity index (χ3n) is 4.36. The number of carbonyl (C=O) groups is 2. The average Bonchev–Trinajstić information content (AvgIpc) is 3.41. The third-order valence-corrected chi connectivity index (χ3v) is 6.47. The third kappa shape index (κ3) is 5.07. The van der Waals surface area contributed by atoms with E-state index in [0.29, 0.717) is 15.9 Å². The van der Waals surface area contributed by atoms with E-state index in [1.165, 1.54) is 28.7 Å². The first-order valence-electron chi connectivity index (χ1n) is 9.23. The first kappa shape index (κ1) is 19.8. The fourth-order valence-electron chi connectivity index (χ4n) is 2.59. The minimum atomic E-state index is -0.312. The zero-order valence-electron chi connectivity index (χ0n) is 15.8. The molecule has 3 rings (SSSR count). The summed E-state index contributed by atoms with van der Waals surface area (Å²) in [6.45, 7) is 5.80. The van der Waals surface area contributed by atoms with E-state index in [9.17, 15) is 9.59 Å². The Morgan fingerprint density at radius 2 is 1.96 bits per heavy atom. The first-order valence-corrected chi connectivity index (χ1v) is 10.9. The Kier molecular flexibility index (Phi) is 6.49. The molecule has 1 fully saturated rings. The van der Waals surface area contributed by atoms with Gasteiger partial charge < -0.3 is 5.32 Å². The van der Waals surface area contributed by atoms with Crippen LogP contribution in [0.1, 0.15) is 45.6 Å². The number of nitrogens with one attached hydrogen (secondary N) is 1. The average molecular weight is 405 g/mol. The molecule has 1 aromatic carbocycles. The minimum Gasteiger partial charge on any atom is -0.325 e. The highest BCUT2D eigenvalue weighted by atomic mass is 32.2. The van der Waals surface area contributed by atoms with Crippen molar-refractivity contribution < 1.29 is 9.59 Å². The normalized spacial score (nSPS) is 14.6. The molecule has 1 aliphatic rings. The van der Waals surface area contributed by atoms with E-state index >= 15 is 0 Å². The lowest BCUT2D eigenvalue weighted by Gasteiger charge is -2.17. The molecule has 1 saturated carbocycles. The molecule has 2 amide bonds. The molecular weight excluding hydrogens is 380 g/mol. The zero-order valence-corrected chi connectivity index (χ0v) is 17.4. The summed E-state index contributed by atoms with van der Waals surface area (Å²) in [5.74, 6) is -0.00352. The molecule has 2 aromatic rings. The van der Waals surface area contributed by atoms with Gasteiger partial charge in [0.1, 0.15) is 0 Å². The van der Waals surface area contributed by atoms with Crippen molar-refractivity contribution in [3.63, 3.8) is 0 Å². The predicted octanol–water partition coefficient (Wildman–Crippen LogP) is 4.13. The Bertz CT molecular complexity index is 802.